The summed E-state index contributed by atoms with van der Waals surface area (Å²) < 4.78 is 29.9. The zero-order valence-corrected chi connectivity index (χ0v) is 10.6. The number of nitrogens with zero attached hydrogens (tertiary/aromatic N) is 1. The van der Waals surface area contributed by atoms with E-state index in [0.717, 1.165) is 0 Å². The van der Waals surface area contributed by atoms with Crippen LogP contribution < -0.4 is 5.32 Å². The first-order chi connectivity index (χ1) is 7.32. The normalized spacial score (nSPS) is 21.8. The predicted molar refractivity (Wildman–Crippen MR) is 59.5 cm³/mol. The number of hydrogen-bond donors (Lipinski definition) is 1. The summed E-state index contributed by atoms with van der Waals surface area (Å²) in [5.74, 6) is -0.361. The molecule has 7 heteroatoms. The van der Waals surface area contributed by atoms with Gasteiger partial charge in [-0.1, -0.05) is 0 Å². The van der Waals surface area contributed by atoms with Crippen molar-refractivity contribution >= 4 is 15.9 Å². The lowest BCUT2D eigenvalue weighted by Crippen LogP contribution is -2.63. The number of methoxy groups -OCH3 is 1. The van der Waals surface area contributed by atoms with Crippen molar-refractivity contribution in [2.24, 2.45) is 0 Å². The van der Waals surface area contributed by atoms with Crippen molar-refractivity contribution in [1.29, 1.82) is 0 Å². The molecule has 1 heterocycles. The average Bonchev–Trinajstić information content (AvgIpc) is 2.19. The lowest BCUT2D eigenvalue weighted by Gasteiger charge is -2.39. The molecular formula is C9H18N2O4S. The van der Waals surface area contributed by atoms with E-state index >= 15 is 0 Å². The third-order valence-corrected chi connectivity index (χ3v) is 4.65. The molecule has 1 aliphatic heterocycles. The molecular weight excluding hydrogens is 232 g/mol. The Morgan fingerprint density at radius 3 is 2.69 bits per heavy atom. The molecule has 1 N–H and O–H groups in total. The second-order valence-electron chi connectivity index (χ2n) is 4.20. The Morgan fingerprint density at radius 1 is 1.50 bits per heavy atom. The van der Waals surface area contributed by atoms with Crippen molar-refractivity contribution < 1.29 is 17.9 Å². The third kappa shape index (κ3) is 2.53. The number of sulfonamides is 1. The maximum atomic E-state index is 12.0. The fourth-order valence-corrected chi connectivity index (χ4v) is 3.41. The molecule has 0 radical (unpaired) electrons. The zero-order valence-electron chi connectivity index (χ0n) is 9.82. The van der Waals surface area contributed by atoms with Gasteiger partial charge in [0.2, 0.25) is 15.9 Å². The molecule has 0 saturated carbocycles. The van der Waals surface area contributed by atoms with Crippen LogP contribution in [0.5, 0.6) is 0 Å². The van der Waals surface area contributed by atoms with Crippen molar-refractivity contribution in [3.05, 3.63) is 0 Å². The summed E-state index contributed by atoms with van der Waals surface area (Å²) in [5.41, 5.74) is -1.02. The predicted octanol–water partition coefficient (Wildman–Crippen LogP) is -0.827. The highest BCUT2D eigenvalue weighted by molar-refractivity contribution is 7.89. The van der Waals surface area contributed by atoms with Gasteiger partial charge in [0.25, 0.3) is 0 Å². The van der Waals surface area contributed by atoms with Crippen LogP contribution in [0.2, 0.25) is 0 Å². The summed E-state index contributed by atoms with van der Waals surface area (Å²) in [6.07, 6.45) is 0. The lowest BCUT2D eigenvalue weighted by atomic mass is 10.0. The first kappa shape index (κ1) is 13.4. The van der Waals surface area contributed by atoms with Gasteiger partial charge in [-0.15, -0.1) is 0 Å². The van der Waals surface area contributed by atoms with Crippen LogP contribution in [0.25, 0.3) is 0 Å². The van der Waals surface area contributed by atoms with Gasteiger partial charge in [0.05, 0.1) is 12.4 Å². The Hall–Kier alpha value is -0.660. The van der Waals surface area contributed by atoms with E-state index < -0.39 is 15.6 Å². The van der Waals surface area contributed by atoms with E-state index in [-0.39, 0.29) is 18.3 Å². The first-order valence-corrected chi connectivity index (χ1v) is 6.71. The van der Waals surface area contributed by atoms with Crippen molar-refractivity contribution in [1.82, 2.24) is 9.62 Å². The maximum absolute atomic E-state index is 12.0. The van der Waals surface area contributed by atoms with Gasteiger partial charge in [0.1, 0.15) is 5.54 Å². The molecule has 1 aliphatic rings. The minimum atomic E-state index is -3.44. The standard InChI is InChI=1S/C9H18N2O4S/c1-9(2)8(12)10-4-5-11(9)16(13,14)7-6-15-3/h4-7H2,1-3H3,(H,10,12). The summed E-state index contributed by atoms with van der Waals surface area (Å²) in [7, 11) is -1.99. The minimum absolute atomic E-state index is 0.0970. The van der Waals surface area contributed by atoms with Gasteiger partial charge >= 0.3 is 0 Å². The van der Waals surface area contributed by atoms with E-state index in [1.807, 2.05) is 0 Å². The van der Waals surface area contributed by atoms with Gasteiger partial charge in [-0.05, 0) is 13.8 Å². The smallest absolute Gasteiger partial charge is 0.241 e. The molecule has 1 saturated heterocycles. The van der Waals surface area contributed by atoms with E-state index in [4.69, 9.17) is 4.74 Å². The van der Waals surface area contributed by atoms with E-state index in [1.165, 1.54) is 11.4 Å². The number of amides is 1. The highest BCUT2D eigenvalue weighted by atomic mass is 32.2. The SMILES string of the molecule is COCCS(=O)(=O)N1CCNC(=O)C1(C)C. The van der Waals surface area contributed by atoms with E-state index in [1.54, 1.807) is 13.8 Å². The van der Waals surface area contributed by atoms with Crippen LogP contribution in [-0.2, 0) is 19.6 Å². The number of carbonyl (C=O) groups excluding carboxylic acids is 1. The Morgan fingerprint density at radius 2 is 2.12 bits per heavy atom. The summed E-state index contributed by atoms with van der Waals surface area (Å²) in [6.45, 7) is 4.01. The van der Waals surface area contributed by atoms with E-state index in [9.17, 15) is 13.2 Å². The number of ether oxygens (including phenoxy) is 1. The molecule has 0 bridgehead atoms. The van der Waals surface area contributed by atoms with Crippen LogP contribution in [0.15, 0.2) is 0 Å². The zero-order chi connectivity index (χ0) is 12.4. The molecule has 0 aliphatic carbocycles. The van der Waals surface area contributed by atoms with E-state index in [2.05, 4.69) is 5.32 Å². The van der Waals surface area contributed by atoms with Gasteiger partial charge < -0.3 is 10.1 Å². The van der Waals surface area contributed by atoms with Crippen LogP contribution in [0, 0.1) is 0 Å². The number of rotatable bonds is 4. The lowest BCUT2D eigenvalue weighted by molar-refractivity contribution is -0.131. The summed E-state index contributed by atoms with van der Waals surface area (Å²) in [4.78, 5) is 11.6. The molecule has 6 nitrogen and oxygen atoms in total. The Bertz CT molecular complexity index is 364. The fraction of sp³-hybridized carbons (Fsp3) is 0.889. The van der Waals surface area contributed by atoms with Crippen molar-refractivity contribution in [3.8, 4) is 0 Å². The first-order valence-electron chi connectivity index (χ1n) is 5.10. The quantitative estimate of drug-likeness (QED) is 0.707. The number of hydrogen-bond acceptors (Lipinski definition) is 4. The largest absolute Gasteiger partial charge is 0.384 e. The molecule has 1 rings (SSSR count). The second-order valence-corrected chi connectivity index (χ2v) is 6.21. The Kier molecular flexibility index (Phi) is 3.92. The van der Waals surface area contributed by atoms with E-state index in [0.29, 0.717) is 13.1 Å². The number of nitrogens with one attached hydrogen (secondary N) is 1. The highest BCUT2D eigenvalue weighted by Gasteiger charge is 2.43. The molecule has 0 aromatic heterocycles. The van der Waals surface area contributed by atoms with Crippen LogP contribution in [0.4, 0.5) is 0 Å². The molecule has 1 fully saturated rings. The number of piperazine rings is 1. The fourth-order valence-electron chi connectivity index (χ4n) is 1.67. The van der Waals surface area contributed by atoms with Crippen molar-refractivity contribution in [3.63, 3.8) is 0 Å². The molecule has 16 heavy (non-hydrogen) atoms. The van der Waals surface area contributed by atoms with Gasteiger partial charge in [-0.3, -0.25) is 4.79 Å². The molecule has 0 unspecified atom stereocenters. The highest BCUT2D eigenvalue weighted by Crippen LogP contribution is 2.21. The average molecular weight is 250 g/mol. The molecule has 0 aromatic rings. The minimum Gasteiger partial charge on any atom is -0.384 e. The summed E-state index contributed by atoms with van der Waals surface area (Å²) in [6, 6.07) is 0. The topological polar surface area (TPSA) is 75.7 Å². The van der Waals surface area contributed by atoms with Crippen molar-refractivity contribution in [2.45, 2.75) is 19.4 Å². The van der Waals surface area contributed by atoms with Gasteiger partial charge in [-0.2, -0.15) is 4.31 Å². The van der Waals surface area contributed by atoms with Gasteiger partial charge in [0.15, 0.2) is 0 Å². The Balaban J connectivity index is 2.89. The van der Waals surface area contributed by atoms with Crippen LogP contribution in [0.3, 0.4) is 0 Å². The molecule has 0 spiro atoms. The molecule has 0 atom stereocenters. The van der Waals surface area contributed by atoms with Crippen LogP contribution in [0.1, 0.15) is 13.8 Å². The van der Waals surface area contributed by atoms with Crippen LogP contribution >= 0.6 is 0 Å². The summed E-state index contributed by atoms with van der Waals surface area (Å²) >= 11 is 0. The molecule has 1 amide bonds. The molecule has 0 aromatic carbocycles. The Labute approximate surface area is 96.0 Å². The second kappa shape index (κ2) is 4.68. The molecule has 94 valence electrons. The van der Waals surface area contributed by atoms with Crippen molar-refractivity contribution in [2.75, 3.05) is 32.6 Å². The maximum Gasteiger partial charge on any atom is 0.241 e. The number of carbonyl (C=O) groups is 1. The summed E-state index contributed by atoms with van der Waals surface area (Å²) in [5, 5.41) is 2.65. The van der Waals surface area contributed by atoms with Gasteiger partial charge in [0, 0.05) is 20.2 Å². The monoisotopic (exact) mass is 250 g/mol. The third-order valence-electron chi connectivity index (χ3n) is 2.66. The van der Waals surface area contributed by atoms with Gasteiger partial charge in [-0.25, -0.2) is 8.42 Å². The van der Waals surface area contributed by atoms with Crippen LogP contribution in [-0.4, -0.2) is 56.7 Å².